The predicted molar refractivity (Wildman–Crippen MR) is 100 cm³/mol. The molecule has 3 heterocycles. The molecule has 0 aliphatic carbocycles. The van der Waals surface area contributed by atoms with Crippen LogP contribution in [0.2, 0.25) is 0 Å². The Bertz CT molecular complexity index is 1100. The number of carbonyl (C=O) groups excluding carboxylic acids is 1. The summed E-state index contributed by atoms with van der Waals surface area (Å²) in [4.78, 5) is 25.5. The van der Waals surface area contributed by atoms with Crippen molar-refractivity contribution in [2.24, 2.45) is 0 Å². The molecular formula is C21H15FN4O. The first-order chi connectivity index (χ1) is 13.2. The van der Waals surface area contributed by atoms with Crippen molar-refractivity contribution in [3.63, 3.8) is 0 Å². The van der Waals surface area contributed by atoms with Gasteiger partial charge in [0.2, 0.25) is 0 Å². The van der Waals surface area contributed by atoms with Crippen molar-refractivity contribution >= 4 is 16.8 Å². The summed E-state index contributed by atoms with van der Waals surface area (Å²) < 4.78 is 13.7. The molecule has 3 aromatic heterocycles. The standard InChI is InChI=1S/C21H15FN4O/c22-15-4-5-16-17(21(27)25-13-14-6-9-23-10-7-14)12-20(26-19(16)11-15)18-3-1-2-8-24-18/h1-12H,13H2,(H,25,27). The van der Waals surface area contributed by atoms with Crippen molar-refractivity contribution in [3.05, 3.63) is 90.1 Å². The van der Waals surface area contributed by atoms with Crippen LogP contribution < -0.4 is 5.32 Å². The van der Waals surface area contributed by atoms with Crippen LogP contribution in [0.25, 0.3) is 22.3 Å². The van der Waals surface area contributed by atoms with E-state index in [1.165, 1.54) is 12.1 Å². The van der Waals surface area contributed by atoms with Gasteiger partial charge in [0.25, 0.3) is 5.91 Å². The summed E-state index contributed by atoms with van der Waals surface area (Å²) in [5.74, 6) is -0.667. The first kappa shape index (κ1) is 16.8. The Kier molecular flexibility index (Phi) is 4.53. The van der Waals surface area contributed by atoms with Crippen molar-refractivity contribution < 1.29 is 9.18 Å². The van der Waals surface area contributed by atoms with Crippen molar-refractivity contribution in [1.29, 1.82) is 0 Å². The summed E-state index contributed by atoms with van der Waals surface area (Å²) in [6, 6.07) is 15.0. The van der Waals surface area contributed by atoms with Gasteiger partial charge in [-0.05, 0) is 48.0 Å². The smallest absolute Gasteiger partial charge is 0.252 e. The lowest BCUT2D eigenvalue weighted by atomic mass is 10.1. The molecule has 0 aliphatic rings. The highest BCUT2D eigenvalue weighted by molar-refractivity contribution is 6.07. The zero-order valence-electron chi connectivity index (χ0n) is 14.3. The second kappa shape index (κ2) is 7.29. The summed E-state index contributed by atoms with van der Waals surface area (Å²) in [6.07, 6.45) is 4.99. The summed E-state index contributed by atoms with van der Waals surface area (Å²) >= 11 is 0. The molecule has 0 spiro atoms. The number of nitrogens with zero attached hydrogens (tertiary/aromatic N) is 3. The highest BCUT2D eigenvalue weighted by atomic mass is 19.1. The first-order valence-corrected chi connectivity index (χ1v) is 8.39. The molecule has 1 amide bonds. The maximum Gasteiger partial charge on any atom is 0.252 e. The molecule has 6 heteroatoms. The summed E-state index contributed by atoms with van der Waals surface area (Å²) in [6.45, 7) is 0.366. The van der Waals surface area contributed by atoms with Gasteiger partial charge in [-0.15, -0.1) is 0 Å². The van der Waals surface area contributed by atoms with Gasteiger partial charge < -0.3 is 5.32 Å². The third-order valence-corrected chi connectivity index (χ3v) is 4.15. The fourth-order valence-electron chi connectivity index (χ4n) is 2.81. The number of hydrogen-bond acceptors (Lipinski definition) is 4. The van der Waals surface area contributed by atoms with E-state index in [1.54, 1.807) is 42.9 Å². The number of aromatic nitrogens is 3. The van der Waals surface area contributed by atoms with Gasteiger partial charge >= 0.3 is 0 Å². The van der Waals surface area contributed by atoms with Gasteiger partial charge in [0.15, 0.2) is 0 Å². The molecule has 0 saturated carbocycles. The Labute approximate surface area is 154 Å². The maximum absolute atomic E-state index is 13.7. The Balaban J connectivity index is 1.74. The molecular weight excluding hydrogens is 343 g/mol. The second-order valence-corrected chi connectivity index (χ2v) is 5.97. The Morgan fingerprint density at radius 3 is 2.59 bits per heavy atom. The molecule has 0 bridgehead atoms. The number of nitrogens with one attached hydrogen (secondary N) is 1. The number of benzene rings is 1. The van der Waals surface area contributed by atoms with Crippen LogP contribution in [-0.4, -0.2) is 20.9 Å². The van der Waals surface area contributed by atoms with Gasteiger partial charge in [0.1, 0.15) is 5.82 Å². The average molecular weight is 358 g/mol. The summed E-state index contributed by atoms with van der Waals surface area (Å²) in [7, 11) is 0. The number of halogens is 1. The van der Waals surface area contributed by atoms with Crippen LogP contribution in [0.3, 0.4) is 0 Å². The van der Waals surface area contributed by atoms with Crippen molar-refractivity contribution in [2.45, 2.75) is 6.54 Å². The number of amides is 1. The topological polar surface area (TPSA) is 67.8 Å². The fraction of sp³-hybridized carbons (Fsp3) is 0.0476. The zero-order valence-corrected chi connectivity index (χ0v) is 14.3. The first-order valence-electron chi connectivity index (χ1n) is 8.39. The van der Waals surface area contributed by atoms with Gasteiger partial charge in [0.05, 0.1) is 22.5 Å². The van der Waals surface area contributed by atoms with Crippen LogP contribution in [0, 0.1) is 5.82 Å². The third kappa shape index (κ3) is 3.64. The van der Waals surface area contributed by atoms with Crippen LogP contribution in [0.1, 0.15) is 15.9 Å². The number of pyridine rings is 3. The molecule has 0 aliphatic heterocycles. The van der Waals surface area contributed by atoms with Gasteiger partial charge in [-0.3, -0.25) is 14.8 Å². The minimum absolute atomic E-state index is 0.261. The Hall–Kier alpha value is -3.67. The van der Waals surface area contributed by atoms with Crippen molar-refractivity contribution in [1.82, 2.24) is 20.3 Å². The van der Waals surface area contributed by atoms with Crippen molar-refractivity contribution in [2.75, 3.05) is 0 Å². The molecule has 27 heavy (non-hydrogen) atoms. The highest BCUT2D eigenvalue weighted by Gasteiger charge is 2.15. The molecule has 0 radical (unpaired) electrons. The largest absolute Gasteiger partial charge is 0.348 e. The molecule has 4 rings (SSSR count). The van der Waals surface area contributed by atoms with Gasteiger partial charge in [-0.1, -0.05) is 6.07 Å². The van der Waals surface area contributed by atoms with E-state index in [9.17, 15) is 9.18 Å². The Morgan fingerprint density at radius 1 is 0.963 bits per heavy atom. The number of carbonyl (C=O) groups is 1. The maximum atomic E-state index is 13.7. The number of fused-ring (bicyclic) bond motifs is 1. The molecule has 0 fully saturated rings. The highest BCUT2D eigenvalue weighted by Crippen LogP contribution is 2.24. The quantitative estimate of drug-likeness (QED) is 0.603. The monoisotopic (exact) mass is 358 g/mol. The Morgan fingerprint density at radius 2 is 1.81 bits per heavy atom. The molecule has 1 N–H and O–H groups in total. The van der Waals surface area contributed by atoms with E-state index in [4.69, 9.17) is 0 Å². The van der Waals surface area contributed by atoms with E-state index in [-0.39, 0.29) is 5.91 Å². The van der Waals surface area contributed by atoms with Crippen LogP contribution in [0.5, 0.6) is 0 Å². The van der Waals surface area contributed by atoms with Crippen LogP contribution >= 0.6 is 0 Å². The predicted octanol–water partition coefficient (Wildman–Crippen LogP) is 3.76. The van der Waals surface area contributed by atoms with Crippen LogP contribution in [0.15, 0.2) is 73.2 Å². The molecule has 132 valence electrons. The molecule has 0 saturated heterocycles. The van der Waals surface area contributed by atoms with Crippen LogP contribution in [-0.2, 0) is 6.54 Å². The molecule has 0 atom stereocenters. The second-order valence-electron chi connectivity index (χ2n) is 5.97. The number of hydrogen-bond donors (Lipinski definition) is 1. The summed E-state index contributed by atoms with van der Waals surface area (Å²) in [5, 5.41) is 3.48. The van der Waals surface area contributed by atoms with Gasteiger partial charge in [0, 0.05) is 36.6 Å². The van der Waals surface area contributed by atoms with Crippen LogP contribution in [0.4, 0.5) is 4.39 Å². The number of rotatable bonds is 4. The van der Waals surface area contributed by atoms with E-state index in [0.717, 1.165) is 5.56 Å². The molecule has 1 aromatic carbocycles. The lowest BCUT2D eigenvalue weighted by Crippen LogP contribution is -2.23. The minimum Gasteiger partial charge on any atom is -0.348 e. The van der Waals surface area contributed by atoms with E-state index in [2.05, 4.69) is 20.3 Å². The minimum atomic E-state index is -0.406. The van der Waals surface area contributed by atoms with Gasteiger partial charge in [-0.2, -0.15) is 0 Å². The van der Waals surface area contributed by atoms with E-state index >= 15 is 0 Å². The summed E-state index contributed by atoms with van der Waals surface area (Å²) in [5.41, 5.74) is 2.91. The molecule has 4 aromatic rings. The SMILES string of the molecule is O=C(NCc1ccncc1)c1cc(-c2ccccn2)nc2cc(F)ccc12. The normalized spacial score (nSPS) is 10.7. The van der Waals surface area contributed by atoms with Gasteiger partial charge in [-0.25, -0.2) is 9.37 Å². The van der Waals surface area contributed by atoms with E-state index in [1.807, 2.05) is 18.2 Å². The third-order valence-electron chi connectivity index (χ3n) is 4.15. The zero-order chi connectivity index (χ0) is 18.6. The van der Waals surface area contributed by atoms with E-state index in [0.29, 0.717) is 34.4 Å². The molecule has 5 nitrogen and oxygen atoms in total. The molecule has 0 unspecified atom stereocenters. The van der Waals surface area contributed by atoms with E-state index < -0.39 is 5.82 Å². The van der Waals surface area contributed by atoms with Crippen molar-refractivity contribution in [3.8, 4) is 11.4 Å². The lowest BCUT2D eigenvalue weighted by Gasteiger charge is -2.10. The lowest BCUT2D eigenvalue weighted by molar-refractivity contribution is 0.0952. The fourth-order valence-corrected chi connectivity index (χ4v) is 2.81. The average Bonchev–Trinajstić information content (AvgIpc) is 2.72.